The van der Waals surface area contributed by atoms with Gasteiger partial charge < -0.3 is 9.30 Å². The van der Waals surface area contributed by atoms with Crippen LogP contribution in [-0.4, -0.2) is 39.2 Å². The molecule has 1 aliphatic rings. The van der Waals surface area contributed by atoms with Crippen LogP contribution in [0.15, 0.2) is 41.3 Å². The van der Waals surface area contributed by atoms with Crippen LogP contribution < -0.4 is 0 Å². The molecule has 0 saturated carbocycles. The van der Waals surface area contributed by atoms with Crippen LogP contribution in [0.25, 0.3) is 11.8 Å². The third kappa shape index (κ3) is 3.62. The molecule has 0 N–H and O–H groups in total. The SMILES string of the molecule is CCOC(=O)C(C)N1C(=O)S/C(=C\c2cc(C)n(-c3ccccc3)c2C)C1=O. The Hall–Kier alpha value is -2.80. The first-order chi connectivity index (χ1) is 13.3. The Bertz CT molecular complexity index is 962. The molecule has 0 bridgehead atoms. The number of amides is 2. The maximum atomic E-state index is 12.7. The van der Waals surface area contributed by atoms with E-state index in [-0.39, 0.29) is 6.61 Å². The number of imide groups is 1. The highest BCUT2D eigenvalue weighted by atomic mass is 32.2. The van der Waals surface area contributed by atoms with E-state index in [2.05, 4.69) is 4.57 Å². The fraction of sp³-hybridized carbons (Fsp3) is 0.286. The highest BCUT2D eigenvalue weighted by Crippen LogP contribution is 2.35. The normalized spacial score (nSPS) is 16.7. The largest absolute Gasteiger partial charge is 0.464 e. The zero-order chi connectivity index (χ0) is 20.4. The van der Waals surface area contributed by atoms with Gasteiger partial charge in [0, 0.05) is 17.1 Å². The maximum Gasteiger partial charge on any atom is 0.329 e. The minimum atomic E-state index is -0.949. The van der Waals surface area contributed by atoms with E-state index in [0.717, 1.165) is 39.3 Å². The molecule has 3 rings (SSSR count). The van der Waals surface area contributed by atoms with Crippen LogP contribution in [0, 0.1) is 13.8 Å². The van der Waals surface area contributed by atoms with Gasteiger partial charge in [0.05, 0.1) is 11.5 Å². The van der Waals surface area contributed by atoms with Crippen LogP contribution in [0.4, 0.5) is 4.79 Å². The van der Waals surface area contributed by atoms with Crippen molar-refractivity contribution >= 4 is 35.0 Å². The number of carbonyl (C=O) groups excluding carboxylic acids is 3. The van der Waals surface area contributed by atoms with Gasteiger partial charge in [-0.25, -0.2) is 4.79 Å². The Morgan fingerprint density at radius 2 is 1.89 bits per heavy atom. The number of thioether (sulfide) groups is 1. The first-order valence-corrected chi connectivity index (χ1v) is 9.84. The third-order valence-electron chi connectivity index (χ3n) is 4.61. The van der Waals surface area contributed by atoms with Gasteiger partial charge in [-0.1, -0.05) is 18.2 Å². The monoisotopic (exact) mass is 398 g/mol. The lowest BCUT2D eigenvalue weighted by Crippen LogP contribution is -2.42. The topological polar surface area (TPSA) is 68.6 Å². The summed E-state index contributed by atoms with van der Waals surface area (Å²) in [7, 11) is 0. The third-order valence-corrected chi connectivity index (χ3v) is 5.49. The van der Waals surface area contributed by atoms with E-state index < -0.39 is 23.2 Å². The lowest BCUT2D eigenvalue weighted by molar-refractivity contribution is -0.150. The second-order valence-corrected chi connectivity index (χ2v) is 7.47. The highest BCUT2D eigenvalue weighted by Gasteiger charge is 2.41. The highest BCUT2D eigenvalue weighted by molar-refractivity contribution is 8.18. The molecule has 6 nitrogen and oxygen atoms in total. The summed E-state index contributed by atoms with van der Waals surface area (Å²) in [6.07, 6.45) is 1.71. The van der Waals surface area contributed by atoms with Gasteiger partial charge in [0.15, 0.2) is 0 Å². The van der Waals surface area contributed by atoms with E-state index in [0.29, 0.717) is 4.91 Å². The van der Waals surface area contributed by atoms with Crippen molar-refractivity contribution in [3.05, 3.63) is 58.3 Å². The zero-order valence-corrected chi connectivity index (χ0v) is 17.1. The van der Waals surface area contributed by atoms with Gasteiger partial charge in [-0.05, 0) is 69.3 Å². The van der Waals surface area contributed by atoms with E-state index in [4.69, 9.17) is 4.74 Å². The number of esters is 1. The van der Waals surface area contributed by atoms with E-state index in [1.807, 2.05) is 50.2 Å². The summed E-state index contributed by atoms with van der Waals surface area (Å²) in [5.74, 6) is -1.06. The molecule has 1 atom stereocenters. The minimum absolute atomic E-state index is 0.195. The molecule has 7 heteroatoms. The van der Waals surface area contributed by atoms with Gasteiger partial charge >= 0.3 is 5.97 Å². The van der Waals surface area contributed by atoms with Crippen molar-refractivity contribution < 1.29 is 19.1 Å². The molecule has 0 spiro atoms. The number of para-hydroxylation sites is 1. The molecular formula is C21H22N2O4S. The minimum Gasteiger partial charge on any atom is -0.464 e. The number of rotatable bonds is 5. The molecule has 1 unspecified atom stereocenters. The standard InChI is InChI=1S/C21H22N2O4S/c1-5-27-20(25)15(4)23-19(24)18(28-21(23)26)12-16-11-13(2)22(14(16)3)17-9-7-6-8-10-17/h6-12,15H,5H2,1-4H3/b18-12-. The second-order valence-electron chi connectivity index (χ2n) is 6.48. The predicted octanol–water partition coefficient (Wildman–Crippen LogP) is 4.08. The summed E-state index contributed by atoms with van der Waals surface area (Å²) >= 11 is 0.842. The molecule has 2 amide bonds. The molecule has 1 aromatic heterocycles. The zero-order valence-electron chi connectivity index (χ0n) is 16.3. The lowest BCUT2D eigenvalue weighted by atomic mass is 10.2. The van der Waals surface area contributed by atoms with E-state index in [9.17, 15) is 14.4 Å². The van der Waals surface area contributed by atoms with Crippen LogP contribution in [0.5, 0.6) is 0 Å². The van der Waals surface area contributed by atoms with Crippen LogP contribution in [0.3, 0.4) is 0 Å². The van der Waals surface area contributed by atoms with Gasteiger partial charge in [0.1, 0.15) is 6.04 Å². The fourth-order valence-electron chi connectivity index (χ4n) is 3.23. The molecule has 1 saturated heterocycles. The number of ether oxygens (including phenoxy) is 1. The predicted molar refractivity (Wildman–Crippen MR) is 109 cm³/mol. The maximum absolute atomic E-state index is 12.7. The number of aryl methyl sites for hydroxylation is 1. The fourth-order valence-corrected chi connectivity index (χ4v) is 4.13. The number of hydrogen-bond donors (Lipinski definition) is 0. The first kappa shape index (κ1) is 19.9. The van der Waals surface area contributed by atoms with Crippen molar-refractivity contribution in [3.8, 4) is 5.69 Å². The van der Waals surface area contributed by atoms with Crippen LogP contribution in [0.2, 0.25) is 0 Å². The van der Waals surface area contributed by atoms with Gasteiger partial charge in [0.2, 0.25) is 0 Å². The van der Waals surface area contributed by atoms with Gasteiger partial charge in [-0.15, -0.1) is 0 Å². The van der Waals surface area contributed by atoms with Crippen LogP contribution >= 0.6 is 11.8 Å². The number of benzene rings is 1. The van der Waals surface area contributed by atoms with Gasteiger partial charge in [0.25, 0.3) is 11.1 Å². The van der Waals surface area contributed by atoms with Crippen molar-refractivity contribution in [1.82, 2.24) is 9.47 Å². The van der Waals surface area contributed by atoms with Crippen molar-refractivity contribution in [2.24, 2.45) is 0 Å². The summed E-state index contributed by atoms with van der Waals surface area (Å²) < 4.78 is 7.03. The van der Waals surface area contributed by atoms with E-state index in [1.54, 1.807) is 13.0 Å². The van der Waals surface area contributed by atoms with Crippen molar-refractivity contribution in [2.45, 2.75) is 33.7 Å². The first-order valence-electron chi connectivity index (χ1n) is 9.03. The Labute approximate surface area is 168 Å². The number of aromatic nitrogens is 1. The Kier molecular flexibility index (Phi) is 5.74. The molecule has 1 aliphatic heterocycles. The summed E-state index contributed by atoms with van der Waals surface area (Å²) in [6.45, 7) is 7.34. The average molecular weight is 398 g/mol. The second kappa shape index (κ2) is 8.06. The number of nitrogens with zero attached hydrogens (tertiary/aromatic N) is 2. The quantitative estimate of drug-likeness (QED) is 0.561. The smallest absolute Gasteiger partial charge is 0.329 e. The van der Waals surface area contributed by atoms with Gasteiger partial charge in [-0.3, -0.25) is 14.5 Å². The Balaban J connectivity index is 1.92. The molecule has 1 fully saturated rings. The van der Waals surface area contributed by atoms with Crippen molar-refractivity contribution in [2.75, 3.05) is 6.61 Å². The molecule has 2 aromatic rings. The Morgan fingerprint density at radius 1 is 1.21 bits per heavy atom. The van der Waals surface area contributed by atoms with E-state index in [1.165, 1.54) is 6.92 Å². The summed E-state index contributed by atoms with van der Waals surface area (Å²) in [5.41, 5.74) is 3.87. The molecule has 146 valence electrons. The van der Waals surface area contributed by atoms with Crippen LogP contribution in [-0.2, 0) is 14.3 Å². The average Bonchev–Trinajstić information content (AvgIpc) is 3.10. The molecule has 0 aliphatic carbocycles. The van der Waals surface area contributed by atoms with Crippen molar-refractivity contribution in [1.29, 1.82) is 0 Å². The molecule has 1 aromatic carbocycles. The summed E-state index contributed by atoms with van der Waals surface area (Å²) in [5, 5.41) is -0.464. The molecule has 2 heterocycles. The number of hydrogen-bond acceptors (Lipinski definition) is 5. The van der Waals surface area contributed by atoms with Crippen LogP contribution in [0.1, 0.15) is 30.8 Å². The Morgan fingerprint density at radius 3 is 2.54 bits per heavy atom. The summed E-state index contributed by atoms with van der Waals surface area (Å²) in [6, 6.07) is 10.9. The van der Waals surface area contributed by atoms with Gasteiger partial charge in [-0.2, -0.15) is 0 Å². The molecule has 28 heavy (non-hydrogen) atoms. The molecular weight excluding hydrogens is 376 g/mol. The van der Waals surface area contributed by atoms with E-state index >= 15 is 0 Å². The lowest BCUT2D eigenvalue weighted by Gasteiger charge is -2.19. The number of carbonyl (C=O) groups is 3. The summed E-state index contributed by atoms with van der Waals surface area (Å²) in [4.78, 5) is 38.3. The molecule has 0 radical (unpaired) electrons. The van der Waals surface area contributed by atoms with Crippen molar-refractivity contribution in [3.63, 3.8) is 0 Å².